The summed E-state index contributed by atoms with van der Waals surface area (Å²) in [4.78, 5) is 11.3. The van der Waals surface area contributed by atoms with Gasteiger partial charge in [-0.3, -0.25) is 4.79 Å². The molecule has 0 atom stereocenters. The Labute approximate surface area is 98.4 Å². The maximum absolute atomic E-state index is 13.1. The van der Waals surface area contributed by atoms with E-state index in [1.165, 1.54) is 0 Å². The largest absolute Gasteiger partial charge is 0.389 e. The first-order valence-corrected chi connectivity index (χ1v) is 4.95. The van der Waals surface area contributed by atoms with E-state index in [0.29, 0.717) is 12.1 Å². The third-order valence-electron chi connectivity index (χ3n) is 2.15. The van der Waals surface area contributed by atoms with Gasteiger partial charge in [0.15, 0.2) is 5.78 Å². The van der Waals surface area contributed by atoms with Gasteiger partial charge in [-0.15, -0.1) is 0 Å². The monoisotopic (exact) mass is 270 g/mol. The van der Waals surface area contributed by atoms with Gasteiger partial charge in [-0.1, -0.05) is 0 Å². The van der Waals surface area contributed by atoms with E-state index < -0.39 is 54.2 Å². The van der Waals surface area contributed by atoms with E-state index in [1.807, 2.05) is 0 Å². The van der Waals surface area contributed by atoms with Crippen LogP contribution < -0.4 is 0 Å². The Morgan fingerprint density at radius 3 is 2.00 bits per heavy atom. The van der Waals surface area contributed by atoms with Crippen molar-refractivity contribution < 1.29 is 31.1 Å². The van der Waals surface area contributed by atoms with E-state index in [2.05, 4.69) is 0 Å². The molecule has 0 unspecified atom stereocenters. The molecule has 0 spiro atoms. The summed E-state index contributed by atoms with van der Waals surface area (Å²) in [5.74, 6) is -5.14. The highest BCUT2D eigenvalue weighted by atomic mass is 19.4. The molecule has 0 heterocycles. The van der Waals surface area contributed by atoms with Crippen LogP contribution in [0, 0.1) is 17.5 Å². The zero-order valence-electron chi connectivity index (χ0n) is 8.95. The van der Waals surface area contributed by atoms with Crippen molar-refractivity contribution in [3.05, 3.63) is 35.1 Å². The molecule has 7 heteroatoms. The molecule has 1 aromatic rings. The van der Waals surface area contributed by atoms with Gasteiger partial charge in [0.2, 0.25) is 0 Å². The second-order valence-electron chi connectivity index (χ2n) is 3.64. The van der Waals surface area contributed by atoms with Crippen molar-refractivity contribution in [2.24, 2.45) is 0 Å². The SMILES string of the molecule is O=C(CCCC(F)(F)F)c1c(F)cc(F)cc1F. The standard InChI is InChI=1S/C11H8F6O/c12-6-4-7(13)10(8(14)5-6)9(18)2-1-3-11(15,16)17/h4-5H,1-3H2. The maximum Gasteiger partial charge on any atom is 0.389 e. The van der Waals surface area contributed by atoms with Gasteiger partial charge in [-0.25, -0.2) is 13.2 Å². The first-order valence-electron chi connectivity index (χ1n) is 4.95. The summed E-state index contributed by atoms with van der Waals surface area (Å²) in [5, 5.41) is 0. The Morgan fingerprint density at radius 1 is 1.06 bits per heavy atom. The molecular formula is C11H8F6O. The van der Waals surface area contributed by atoms with Crippen molar-refractivity contribution in [1.29, 1.82) is 0 Å². The molecule has 0 saturated heterocycles. The number of benzene rings is 1. The molecule has 0 amide bonds. The molecule has 0 saturated carbocycles. The van der Waals surface area contributed by atoms with E-state index in [0.717, 1.165) is 0 Å². The van der Waals surface area contributed by atoms with Gasteiger partial charge in [0.1, 0.15) is 17.5 Å². The lowest BCUT2D eigenvalue weighted by Gasteiger charge is -2.06. The van der Waals surface area contributed by atoms with Crippen LogP contribution in [0.3, 0.4) is 0 Å². The number of hydrogen-bond donors (Lipinski definition) is 0. The molecule has 0 aliphatic carbocycles. The predicted octanol–water partition coefficient (Wildman–Crippen LogP) is 4.02. The van der Waals surface area contributed by atoms with Crippen molar-refractivity contribution in [2.45, 2.75) is 25.4 Å². The topological polar surface area (TPSA) is 17.1 Å². The van der Waals surface area contributed by atoms with E-state index in [9.17, 15) is 31.1 Å². The van der Waals surface area contributed by atoms with Gasteiger partial charge in [-0.05, 0) is 6.42 Å². The number of hydrogen-bond acceptors (Lipinski definition) is 1. The van der Waals surface area contributed by atoms with E-state index in [4.69, 9.17) is 0 Å². The average Bonchev–Trinajstić information content (AvgIpc) is 2.13. The Hall–Kier alpha value is -1.53. The van der Waals surface area contributed by atoms with Crippen molar-refractivity contribution in [3.63, 3.8) is 0 Å². The molecule has 1 rings (SSSR count). The third-order valence-corrected chi connectivity index (χ3v) is 2.15. The van der Waals surface area contributed by atoms with Gasteiger partial charge in [0.25, 0.3) is 0 Å². The summed E-state index contributed by atoms with van der Waals surface area (Å²) in [6.07, 6.45) is -6.87. The summed E-state index contributed by atoms with van der Waals surface area (Å²) < 4.78 is 74.2. The molecule has 0 aromatic heterocycles. The summed E-state index contributed by atoms with van der Waals surface area (Å²) in [7, 11) is 0. The predicted molar refractivity (Wildman–Crippen MR) is 50.6 cm³/mol. The Morgan fingerprint density at radius 2 is 1.56 bits per heavy atom. The molecule has 100 valence electrons. The van der Waals surface area contributed by atoms with Gasteiger partial charge in [-0.2, -0.15) is 13.2 Å². The van der Waals surface area contributed by atoms with E-state index in [1.54, 1.807) is 0 Å². The minimum atomic E-state index is -4.43. The summed E-state index contributed by atoms with van der Waals surface area (Å²) in [5.41, 5.74) is -1.00. The highest BCUT2D eigenvalue weighted by Crippen LogP contribution is 2.24. The highest BCUT2D eigenvalue weighted by molar-refractivity contribution is 5.96. The quantitative estimate of drug-likeness (QED) is 0.596. The lowest BCUT2D eigenvalue weighted by Crippen LogP contribution is -2.10. The third kappa shape index (κ3) is 4.05. The van der Waals surface area contributed by atoms with Gasteiger partial charge >= 0.3 is 6.18 Å². The first kappa shape index (κ1) is 14.5. The van der Waals surface area contributed by atoms with E-state index in [-0.39, 0.29) is 0 Å². The minimum absolute atomic E-state index is 0.306. The number of Topliss-reactive ketones (excluding diaryl/α,β-unsaturated/α-hetero) is 1. The maximum atomic E-state index is 13.1. The van der Waals surface area contributed by atoms with Crippen LogP contribution >= 0.6 is 0 Å². The number of halogens is 6. The van der Waals surface area contributed by atoms with Crippen molar-refractivity contribution in [3.8, 4) is 0 Å². The fourth-order valence-corrected chi connectivity index (χ4v) is 1.38. The van der Waals surface area contributed by atoms with Crippen LogP contribution in [0.5, 0.6) is 0 Å². The van der Waals surface area contributed by atoms with Gasteiger partial charge < -0.3 is 0 Å². The number of carbonyl (C=O) groups is 1. The van der Waals surface area contributed by atoms with Gasteiger partial charge in [0.05, 0.1) is 5.56 Å². The highest BCUT2D eigenvalue weighted by Gasteiger charge is 2.27. The number of carbonyl (C=O) groups excluding carboxylic acids is 1. The Bertz CT molecular complexity index is 428. The van der Waals surface area contributed by atoms with Crippen molar-refractivity contribution in [1.82, 2.24) is 0 Å². The number of ketones is 1. The summed E-state index contributed by atoms with van der Waals surface area (Å²) >= 11 is 0. The molecule has 1 nitrogen and oxygen atoms in total. The molecule has 1 aromatic carbocycles. The van der Waals surface area contributed by atoms with Crippen molar-refractivity contribution >= 4 is 5.78 Å². The lowest BCUT2D eigenvalue weighted by atomic mass is 10.0. The second-order valence-corrected chi connectivity index (χ2v) is 3.64. The zero-order chi connectivity index (χ0) is 13.9. The van der Waals surface area contributed by atoms with E-state index >= 15 is 0 Å². The summed E-state index contributed by atoms with van der Waals surface area (Å²) in [6, 6.07) is 0.611. The van der Waals surface area contributed by atoms with Crippen LogP contribution in [0.15, 0.2) is 12.1 Å². The lowest BCUT2D eigenvalue weighted by molar-refractivity contribution is -0.135. The molecule has 0 aliphatic heterocycles. The first-order chi connectivity index (χ1) is 8.20. The molecule has 0 fully saturated rings. The fraction of sp³-hybridized carbons (Fsp3) is 0.364. The molecule has 0 radical (unpaired) electrons. The van der Waals surface area contributed by atoms with Crippen LogP contribution in [-0.4, -0.2) is 12.0 Å². The average molecular weight is 270 g/mol. The van der Waals surface area contributed by atoms with Gasteiger partial charge in [0, 0.05) is 25.0 Å². The molecule has 0 N–H and O–H groups in total. The van der Waals surface area contributed by atoms with Crippen LogP contribution in [0.25, 0.3) is 0 Å². The zero-order valence-corrected chi connectivity index (χ0v) is 8.95. The van der Waals surface area contributed by atoms with Crippen LogP contribution in [0.1, 0.15) is 29.6 Å². The van der Waals surface area contributed by atoms with Crippen LogP contribution in [0.2, 0.25) is 0 Å². The molecule has 0 bridgehead atoms. The molecular weight excluding hydrogens is 262 g/mol. The smallest absolute Gasteiger partial charge is 0.294 e. The molecule has 18 heavy (non-hydrogen) atoms. The summed E-state index contributed by atoms with van der Waals surface area (Å²) in [6.45, 7) is 0. The van der Waals surface area contributed by atoms with Crippen LogP contribution in [0.4, 0.5) is 26.3 Å². The van der Waals surface area contributed by atoms with Crippen LogP contribution in [-0.2, 0) is 0 Å². The second kappa shape index (κ2) is 5.41. The normalized spacial score (nSPS) is 11.7. The number of rotatable bonds is 4. The fourth-order valence-electron chi connectivity index (χ4n) is 1.38. The van der Waals surface area contributed by atoms with Crippen molar-refractivity contribution in [2.75, 3.05) is 0 Å². The molecule has 0 aliphatic rings. The number of alkyl halides is 3. The minimum Gasteiger partial charge on any atom is -0.294 e. The Kier molecular flexibility index (Phi) is 4.37. The Balaban J connectivity index is 2.74.